The number of halogens is 1. The predicted octanol–water partition coefficient (Wildman–Crippen LogP) is 2.76. The van der Waals surface area contributed by atoms with Gasteiger partial charge in [-0.3, -0.25) is 0 Å². The summed E-state index contributed by atoms with van der Waals surface area (Å²) < 4.78 is 13.3. The maximum Gasteiger partial charge on any atom is 0.126 e. The van der Waals surface area contributed by atoms with Gasteiger partial charge in [-0.05, 0) is 31.5 Å². The molecular formula is C12H18FN. The molecule has 0 aliphatic rings. The van der Waals surface area contributed by atoms with Crippen LogP contribution in [0.1, 0.15) is 25.3 Å². The second-order valence-corrected chi connectivity index (χ2v) is 3.57. The summed E-state index contributed by atoms with van der Waals surface area (Å²) in [6.45, 7) is 2.14. The Morgan fingerprint density at radius 2 is 2.07 bits per heavy atom. The largest absolute Gasteiger partial charge is 0.317 e. The highest BCUT2D eigenvalue weighted by atomic mass is 19.1. The van der Waals surface area contributed by atoms with E-state index in [1.807, 2.05) is 19.2 Å². The Labute approximate surface area is 85.3 Å². The smallest absolute Gasteiger partial charge is 0.126 e. The highest BCUT2D eigenvalue weighted by Crippen LogP contribution is 2.11. The summed E-state index contributed by atoms with van der Waals surface area (Å²) in [5.74, 6) is -0.0937. The molecule has 1 atom stereocenters. The molecule has 14 heavy (non-hydrogen) atoms. The van der Waals surface area contributed by atoms with Crippen molar-refractivity contribution in [2.24, 2.45) is 0 Å². The van der Waals surface area contributed by atoms with E-state index in [1.165, 1.54) is 6.07 Å². The highest BCUT2D eigenvalue weighted by molar-refractivity contribution is 5.18. The van der Waals surface area contributed by atoms with Gasteiger partial charge in [-0.15, -0.1) is 0 Å². The molecule has 0 aliphatic heterocycles. The van der Waals surface area contributed by atoms with E-state index in [0.717, 1.165) is 24.8 Å². The van der Waals surface area contributed by atoms with Gasteiger partial charge in [-0.2, -0.15) is 0 Å². The molecule has 0 heterocycles. The normalized spacial score (nSPS) is 12.8. The van der Waals surface area contributed by atoms with Crippen LogP contribution in [0.4, 0.5) is 4.39 Å². The van der Waals surface area contributed by atoms with Crippen LogP contribution in [0.25, 0.3) is 0 Å². The monoisotopic (exact) mass is 195 g/mol. The molecule has 1 nitrogen and oxygen atoms in total. The average Bonchev–Trinajstić information content (AvgIpc) is 2.20. The van der Waals surface area contributed by atoms with Crippen LogP contribution in [0, 0.1) is 5.82 Å². The third-order valence-electron chi connectivity index (χ3n) is 2.47. The standard InChI is InChI=1S/C12H18FN/c1-3-6-11(14-2)9-10-7-4-5-8-12(10)13/h4-5,7-8,11,14H,3,6,9H2,1-2H3. The third-order valence-corrected chi connectivity index (χ3v) is 2.47. The van der Waals surface area contributed by atoms with Crippen LogP contribution >= 0.6 is 0 Å². The quantitative estimate of drug-likeness (QED) is 0.761. The van der Waals surface area contributed by atoms with Gasteiger partial charge in [0.15, 0.2) is 0 Å². The second-order valence-electron chi connectivity index (χ2n) is 3.57. The Bertz CT molecular complexity index is 273. The van der Waals surface area contributed by atoms with E-state index in [-0.39, 0.29) is 5.82 Å². The molecule has 0 spiro atoms. The van der Waals surface area contributed by atoms with Gasteiger partial charge in [0.05, 0.1) is 0 Å². The molecule has 2 heteroatoms. The molecule has 1 rings (SSSR count). The summed E-state index contributed by atoms with van der Waals surface area (Å²) >= 11 is 0. The van der Waals surface area contributed by atoms with Gasteiger partial charge in [0.25, 0.3) is 0 Å². The topological polar surface area (TPSA) is 12.0 Å². The summed E-state index contributed by atoms with van der Waals surface area (Å²) in [5.41, 5.74) is 0.806. The van der Waals surface area contributed by atoms with Crippen LogP contribution in [0.5, 0.6) is 0 Å². The molecule has 0 amide bonds. The summed E-state index contributed by atoms with van der Waals surface area (Å²) in [4.78, 5) is 0. The maximum atomic E-state index is 13.3. The fourth-order valence-electron chi connectivity index (χ4n) is 1.63. The van der Waals surface area contributed by atoms with E-state index < -0.39 is 0 Å². The van der Waals surface area contributed by atoms with E-state index in [4.69, 9.17) is 0 Å². The summed E-state index contributed by atoms with van der Waals surface area (Å²) in [6, 6.07) is 7.38. The minimum atomic E-state index is -0.0937. The van der Waals surface area contributed by atoms with E-state index in [9.17, 15) is 4.39 Å². The Balaban J connectivity index is 2.62. The van der Waals surface area contributed by atoms with Crippen molar-refractivity contribution in [3.8, 4) is 0 Å². The Kier molecular flexibility index (Phi) is 4.60. The van der Waals surface area contributed by atoms with Crippen molar-refractivity contribution in [2.45, 2.75) is 32.2 Å². The molecule has 0 radical (unpaired) electrons. The lowest BCUT2D eigenvalue weighted by molar-refractivity contribution is 0.499. The van der Waals surface area contributed by atoms with E-state index in [1.54, 1.807) is 6.07 Å². The summed E-state index contributed by atoms with van der Waals surface area (Å²) in [5, 5.41) is 3.21. The minimum absolute atomic E-state index is 0.0937. The van der Waals surface area contributed by atoms with Gasteiger partial charge in [0, 0.05) is 6.04 Å². The number of hydrogen-bond donors (Lipinski definition) is 1. The van der Waals surface area contributed by atoms with Crippen molar-refractivity contribution in [2.75, 3.05) is 7.05 Å². The first-order valence-electron chi connectivity index (χ1n) is 5.18. The van der Waals surface area contributed by atoms with Crippen molar-refractivity contribution in [1.82, 2.24) is 5.32 Å². The molecule has 78 valence electrons. The SMILES string of the molecule is CCCC(Cc1ccccc1F)NC. The lowest BCUT2D eigenvalue weighted by Crippen LogP contribution is -2.27. The van der Waals surface area contributed by atoms with Crippen molar-refractivity contribution in [1.29, 1.82) is 0 Å². The number of nitrogens with one attached hydrogen (secondary N) is 1. The number of hydrogen-bond acceptors (Lipinski definition) is 1. The van der Waals surface area contributed by atoms with Gasteiger partial charge >= 0.3 is 0 Å². The number of likely N-dealkylation sites (N-methyl/N-ethyl adjacent to an activating group) is 1. The number of benzene rings is 1. The van der Waals surface area contributed by atoms with Gasteiger partial charge in [0.2, 0.25) is 0 Å². The van der Waals surface area contributed by atoms with Crippen LogP contribution in [-0.2, 0) is 6.42 Å². The van der Waals surface area contributed by atoms with Crippen LogP contribution in [0.2, 0.25) is 0 Å². The highest BCUT2D eigenvalue weighted by Gasteiger charge is 2.08. The Hall–Kier alpha value is -0.890. The molecule has 0 aromatic heterocycles. The van der Waals surface area contributed by atoms with Crippen LogP contribution in [0.15, 0.2) is 24.3 Å². The van der Waals surface area contributed by atoms with E-state index >= 15 is 0 Å². The van der Waals surface area contributed by atoms with Gasteiger partial charge in [0.1, 0.15) is 5.82 Å². The number of rotatable bonds is 5. The average molecular weight is 195 g/mol. The zero-order valence-corrected chi connectivity index (χ0v) is 8.89. The van der Waals surface area contributed by atoms with Gasteiger partial charge < -0.3 is 5.32 Å². The fourth-order valence-corrected chi connectivity index (χ4v) is 1.63. The van der Waals surface area contributed by atoms with E-state index in [0.29, 0.717) is 6.04 Å². The lowest BCUT2D eigenvalue weighted by Gasteiger charge is -2.15. The Morgan fingerprint density at radius 1 is 1.36 bits per heavy atom. The molecule has 0 saturated carbocycles. The molecule has 1 N–H and O–H groups in total. The van der Waals surface area contributed by atoms with Crippen LogP contribution in [-0.4, -0.2) is 13.1 Å². The molecule has 0 aliphatic carbocycles. The fraction of sp³-hybridized carbons (Fsp3) is 0.500. The lowest BCUT2D eigenvalue weighted by atomic mass is 10.0. The van der Waals surface area contributed by atoms with Crippen LogP contribution < -0.4 is 5.32 Å². The first kappa shape index (κ1) is 11.2. The molecular weight excluding hydrogens is 177 g/mol. The maximum absolute atomic E-state index is 13.3. The molecule has 1 aromatic carbocycles. The molecule has 1 unspecified atom stereocenters. The zero-order valence-electron chi connectivity index (χ0n) is 8.89. The van der Waals surface area contributed by atoms with E-state index in [2.05, 4.69) is 12.2 Å². The summed E-state index contributed by atoms with van der Waals surface area (Å²) in [6.07, 6.45) is 2.99. The van der Waals surface area contributed by atoms with Crippen LogP contribution in [0.3, 0.4) is 0 Å². The van der Waals surface area contributed by atoms with Gasteiger partial charge in [-0.25, -0.2) is 4.39 Å². The summed E-state index contributed by atoms with van der Waals surface area (Å²) in [7, 11) is 1.93. The molecule has 0 saturated heterocycles. The van der Waals surface area contributed by atoms with Crippen molar-refractivity contribution in [3.05, 3.63) is 35.6 Å². The van der Waals surface area contributed by atoms with Crippen molar-refractivity contribution in [3.63, 3.8) is 0 Å². The van der Waals surface area contributed by atoms with Crippen molar-refractivity contribution < 1.29 is 4.39 Å². The zero-order chi connectivity index (χ0) is 10.4. The first-order chi connectivity index (χ1) is 6.77. The molecule has 0 bridgehead atoms. The molecule has 0 fully saturated rings. The second kappa shape index (κ2) is 5.76. The minimum Gasteiger partial charge on any atom is -0.317 e. The first-order valence-corrected chi connectivity index (χ1v) is 5.18. The van der Waals surface area contributed by atoms with Crippen molar-refractivity contribution >= 4 is 0 Å². The Morgan fingerprint density at radius 3 is 2.64 bits per heavy atom. The molecule has 1 aromatic rings. The van der Waals surface area contributed by atoms with Gasteiger partial charge in [-0.1, -0.05) is 31.5 Å². The predicted molar refractivity (Wildman–Crippen MR) is 57.9 cm³/mol. The third kappa shape index (κ3) is 3.11.